The summed E-state index contributed by atoms with van der Waals surface area (Å²) in [5.74, 6) is -0.0736. The normalized spacial score (nSPS) is 18.9. The Labute approximate surface area is 119 Å². The van der Waals surface area contributed by atoms with Crippen LogP contribution in [0.1, 0.15) is 34.1 Å². The molecular formula is C13H24N4O3. The van der Waals surface area contributed by atoms with Crippen LogP contribution in [0.15, 0.2) is 0 Å². The van der Waals surface area contributed by atoms with Crippen molar-refractivity contribution < 1.29 is 14.4 Å². The fraction of sp³-hybridized carbons (Fsp3) is 0.769. The molecule has 3 N–H and O–H groups in total. The predicted octanol–water partition coefficient (Wildman–Crippen LogP) is -0.179. The molecule has 0 aromatic heterocycles. The molecule has 0 bridgehead atoms. The summed E-state index contributed by atoms with van der Waals surface area (Å²) in [6, 6.07) is -0.480. The Kier molecular flexibility index (Phi) is 5.35. The number of carbonyl (C=O) groups excluding carboxylic acids is 3. The molecule has 1 aliphatic heterocycles. The highest BCUT2D eigenvalue weighted by atomic mass is 16.2. The lowest BCUT2D eigenvalue weighted by Crippen LogP contribution is -2.47. The van der Waals surface area contributed by atoms with Crippen LogP contribution in [0.2, 0.25) is 0 Å². The van der Waals surface area contributed by atoms with Gasteiger partial charge in [-0.05, 0) is 20.8 Å². The van der Waals surface area contributed by atoms with Crippen molar-refractivity contribution in [2.45, 2.75) is 45.7 Å². The van der Waals surface area contributed by atoms with E-state index in [1.54, 1.807) is 4.90 Å². The molecule has 114 valence electrons. The van der Waals surface area contributed by atoms with E-state index in [9.17, 15) is 14.4 Å². The first kappa shape index (κ1) is 16.3. The van der Waals surface area contributed by atoms with Crippen molar-refractivity contribution in [3.05, 3.63) is 0 Å². The Morgan fingerprint density at radius 3 is 2.35 bits per heavy atom. The van der Waals surface area contributed by atoms with E-state index in [2.05, 4.69) is 16.0 Å². The average Bonchev–Trinajstić information content (AvgIpc) is 2.65. The number of hydrogen-bond acceptors (Lipinski definition) is 3. The second-order valence-electron chi connectivity index (χ2n) is 5.96. The molecule has 1 aliphatic rings. The molecule has 1 fully saturated rings. The van der Waals surface area contributed by atoms with Crippen LogP contribution in [0.5, 0.6) is 0 Å². The number of urea groups is 1. The maximum atomic E-state index is 11.9. The van der Waals surface area contributed by atoms with E-state index in [4.69, 9.17) is 0 Å². The van der Waals surface area contributed by atoms with Crippen molar-refractivity contribution in [3.63, 3.8) is 0 Å². The van der Waals surface area contributed by atoms with Gasteiger partial charge in [-0.15, -0.1) is 0 Å². The summed E-state index contributed by atoms with van der Waals surface area (Å²) >= 11 is 0. The summed E-state index contributed by atoms with van der Waals surface area (Å²) in [5, 5.41) is 8.00. The number of nitrogens with one attached hydrogen (secondary N) is 3. The summed E-state index contributed by atoms with van der Waals surface area (Å²) in [6.07, 6.45) is 0.330. The smallest absolute Gasteiger partial charge is 0.315 e. The van der Waals surface area contributed by atoms with E-state index >= 15 is 0 Å². The molecule has 0 aromatic carbocycles. The van der Waals surface area contributed by atoms with E-state index in [0.717, 1.165) is 0 Å². The first-order valence-electron chi connectivity index (χ1n) is 6.79. The van der Waals surface area contributed by atoms with Crippen LogP contribution in [0, 0.1) is 0 Å². The van der Waals surface area contributed by atoms with E-state index < -0.39 is 0 Å². The molecule has 4 amide bonds. The molecule has 7 heteroatoms. The summed E-state index contributed by atoms with van der Waals surface area (Å²) in [5.41, 5.74) is -0.227. The van der Waals surface area contributed by atoms with Crippen molar-refractivity contribution in [3.8, 4) is 0 Å². The zero-order valence-corrected chi connectivity index (χ0v) is 12.6. The third kappa shape index (κ3) is 5.07. The first-order valence-corrected chi connectivity index (χ1v) is 6.79. The lowest BCUT2D eigenvalue weighted by atomic mass is 10.1. The molecule has 1 heterocycles. The molecular weight excluding hydrogens is 260 g/mol. The monoisotopic (exact) mass is 284 g/mol. The van der Waals surface area contributed by atoms with Gasteiger partial charge in [0.05, 0.1) is 6.04 Å². The minimum atomic E-state index is -0.316. The van der Waals surface area contributed by atoms with Gasteiger partial charge in [-0.25, -0.2) is 4.79 Å². The van der Waals surface area contributed by atoms with Crippen molar-refractivity contribution in [2.24, 2.45) is 0 Å². The number of rotatable bonds is 4. The summed E-state index contributed by atoms with van der Waals surface area (Å²) in [7, 11) is 0. The number of amides is 4. The lowest BCUT2D eigenvalue weighted by Gasteiger charge is -2.32. The molecule has 0 aromatic rings. The van der Waals surface area contributed by atoms with Crippen molar-refractivity contribution in [2.75, 3.05) is 19.6 Å². The highest BCUT2D eigenvalue weighted by Gasteiger charge is 2.36. The van der Waals surface area contributed by atoms with Gasteiger partial charge < -0.3 is 20.9 Å². The molecule has 20 heavy (non-hydrogen) atoms. The molecule has 0 spiro atoms. The van der Waals surface area contributed by atoms with E-state index in [1.165, 1.54) is 6.92 Å². The van der Waals surface area contributed by atoms with Crippen LogP contribution in [0.25, 0.3) is 0 Å². The van der Waals surface area contributed by atoms with Gasteiger partial charge in [-0.3, -0.25) is 9.59 Å². The van der Waals surface area contributed by atoms with Crippen LogP contribution in [-0.2, 0) is 9.59 Å². The minimum Gasteiger partial charge on any atom is -0.355 e. The molecule has 1 atom stereocenters. The van der Waals surface area contributed by atoms with Gasteiger partial charge in [0, 0.05) is 38.5 Å². The molecule has 1 rings (SSSR count). The Balaban J connectivity index is 2.30. The van der Waals surface area contributed by atoms with Gasteiger partial charge in [-0.2, -0.15) is 0 Å². The molecule has 1 saturated heterocycles. The summed E-state index contributed by atoms with van der Waals surface area (Å²) in [4.78, 5) is 35.9. The van der Waals surface area contributed by atoms with E-state index in [-0.39, 0.29) is 29.4 Å². The zero-order valence-electron chi connectivity index (χ0n) is 12.6. The van der Waals surface area contributed by atoms with Gasteiger partial charge in [0.15, 0.2) is 0 Å². The Morgan fingerprint density at radius 1 is 1.25 bits per heavy atom. The van der Waals surface area contributed by atoms with E-state index in [0.29, 0.717) is 26.1 Å². The molecule has 7 nitrogen and oxygen atoms in total. The second kappa shape index (κ2) is 6.58. The topological polar surface area (TPSA) is 90.5 Å². The van der Waals surface area contributed by atoms with Crippen LogP contribution < -0.4 is 16.0 Å². The molecule has 0 aliphatic carbocycles. The third-order valence-electron chi connectivity index (χ3n) is 3.05. The molecule has 0 radical (unpaired) electrons. The average molecular weight is 284 g/mol. The lowest BCUT2D eigenvalue weighted by molar-refractivity contribution is -0.131. The van der Waals surface area contributed by atoms with Gasteiger partial charge in [0.25, 0.3) is 0 Å². The third-order valence-corrected chi connectivity index (χ3v) is 3.05. The number of hydrogen-bond donors (Lipinski definition) is 3. The van der Waals surface area contributed by atoms with Gasteiger partial charge in [0.1, 0.15) is 0 Å². The van der Waals surface area contributed by atoms with Gasteiger partial charge in [0.2, 0.25) is 11.8 Å². The van der Waals surface area contributed by atoms with Gasteiger partial charge in [-0.1, -0.05) is 0 Å². The van der Waals surface area contributed by atoms with Crippen LogP contribution in [0.3, 0.4) is 0 Å². The molecule has 0 saturated carbocycles. The predicted molar refractivity (Wildman–Crippen MR) is 75.1 cm³/mol. The van der Waals surface area contributed by atoms with E-state index in [1.807, 2.05) is 20.8 Å². The van der Waals surface area contributed by atoms with Crippen molar-refractivity contribution >= 4 is 17.8 Å². The number of carbonyl (C=O) groups is 3. The van der Waals surface area contributed by atoms with Crippen LogP contribution >= 0.6 is 0 Å². The fourth-order valence-corrected chi connectivity index (χ4v) is 2.10. The summed E-state index contributed by atoms with van der Waals surface area (Å²) < 4.78 is 0. The largest absolute Gasteiger partial charge is 0.355 e. The minimum absolute atomic E-state index is 0.0565. The van der Waals surface area contributed by atoms with Crippen molar-refractivity contribution in [1.29, 1.82) is 0 Å². The first-order chi connectivity index (χ1) is 9.20. The highest BCUT2D eigenvalue weighted by molar-refractivity contribution is 5.82. The quantitative estimate of drug-likeness (QED) is 0.626. The fourth-order valence-electron chi connectivity index (χ4n) is 2.10. The van der Waals surface area contributed by atoms with Crippen molar-refractivity contribution in [1.82, 2.24) is 20.9 Å². The zero-order chi connectivity index (χ0) is 15.3. The number of likely N-dealkylation sites (tertiary alicyclic amines) is 1. The highest BCUT2D eigenvalue weighted by Crippen LogP contribution is 2.21. The Hall–Kier alpha value is -1.79. The SMILES string of the molecule is CC(=O)NCCNC(=O)NC1CC(=O)N(C(C)(C)C)C1. The van der Waals surface area contributed by atoms with Crippen LogP contribution in [-0.4, -0.2) is 54.0 Å². The maximum Gasteiger partial charge on any atom is 0.315 e. The second-order valence-corrected chi connectivity index (χ2v) is 5.96. The Morgan fingerprint density at radius 2 is 1.85 bits per heavy atom. The number of nitrogens with zero attached hydrogens (tertiary/aromatic N) is 1. The Bertz CT molecular complexity index is 390. The molecule has 1 unspecified atom stereocenters. The maximum absolute atomic E-state index is 11.9. The standard InChI is InChI=1S/C13H24N4O3/c1-9(18)14-5-6-15-12(20)16-10-7-11(19)17(8-10)13(2,3)4/h10H,5-8H2,1-4H3,(H,14,18)(H2,15,16,20). The van der Waals surface area contributed by atoms with Gasteiger partial charge >= 0.3 is 6.03 Å². The summed E-state index contributed by atoms with van der Waals surface area (Å²) in [6.45, 7) is 8.62. The van der Waals surface area contributed by atoms with Crippen LogP contribution in [0.4, 0.5) is 4.79 Å².